The predicted octanol–water partition coefficient (Wildman–Crippen LogP) is 1.58. The predicted molar refractivity (Wildman–Crippen MR) is 49.3 cm³/mol. The molecule has 0 aliphatic rings. The van der Waals surface area contributed by atoms with Gasteiger partial charge in [0.25, 0.3) is 0 Å². The van der Waals surface area contributed by atoms with Gasteiger partial charge in [-0.15, -0.1) is 0 Å². The summed E-state index contributed by atoms with van der Waals surface area (Å²) < 4.78 is 13.1. The highest BCUT2D eigenvalue weighted by Gasteiger charge is 2.12. The molecule has 0 saturated carbocycles. The minimum Gasteiger partial charge on any atom is -0.324 e. The number of ketones is 1. The molecule has 13 heavy (non-hydrogen) atoms. The first-order valence-corrected chi connectivity index (χ1v) is 4.07. The van der Waals surface area contributed by atoms with Crippen molar-refractivity contribution in [2.45, 2.75) is 13.8 Å². The van der Waals surface area contributed by atoms with Gasteiger partial charge in [0, 0.05) is 5.56 Å². The van der Waals surface area contributed by atoms with E-state index >= 15 is 0 Å². The maximum absolute atomic E-state index is 13.1. The summed E-state index contributed by atoms with van der Waals surface area (Å²) in [5.41, 5.74) is 6.80. The summed E-state index contributed by atoms with van der Waals surface area (Å²) >= 11 is 0. The Balaban J connectivity index is 3.33. The van der Waals surface area contributed by atoms with E-state index in [4.69, 9.17) is 5.73 Å². The minimum atomic E-state index is -0.359. The second-order valence-corrected chi connectivity index (χ2v) is 2.99. The molecule has 0 saturated heterocycles. The van der Waals surface area contributed by atoms with E-state index in [0.29, 0.717) is 11.1 Å². The van der Waals surface area contributed by atoms with Crippen molar-refractivity contribution < 1.29 is 9.18 Å². The van der Waals surface area contributed by atoms with E-state index in [9.17, 15) is 9.18 Å². The molecule has 0 spiro atoms. The van der Waals surface area contributed by atoms with Gasteiger partial charge >= 0.3 is 0 Å². The van der Waals surface area contributed by atoms with Gasteiger partial charge in [-0.3, -0.25) is 4.79 Å². The zero-order valence-corrected chi connectivity index (χ0v) is 7.73. The maximum Gasteiger partial charge on any atom is 0.177 e. The van der Waals surface area contributed by atoms with Crippen LogP contribution in [0, 0.1) is 19.7 Å². The SMILES string of the molecule is Cc1ccc(F)c(C)c1C(=O)CN. The molecule has 0 aliphatic heterocycles. The van der Waals surface area contributed by atoms with Crippen molar-refractivity contribution in [1.82, 2.24) is 0 Å². The Bertz CT molecular complexity index is 347. The summed E-state index contributed by atoms with van der Waals surface area (Å²) in [6, 6.07) is 2.95. The lowest BCUT2D eigenvalue weighted by atomic mass is 9.99. The van der Waals surface area contributed by atoms with Crippen LogP contribution in [0.1, 0.15) is 21.5 Å². The third-order valence-electron chi connectivity index (χ3n) is 2.07. The summed E-state index contributed by atoms with van der Waals surface area (Å²) in [6.45, 7) is 3.28. The lowest BCUT2D eigenvalue weighted by molar-refractivity contribution is 0.0999. The second-order valence-electron chi connectivity index (χ2n) is 2.99. The Morgan fingerprint density at radius 1 is 1.46 bits per heavy atom. The highest BCUT2D eigenvalue weighted by molar-refractivity contribution is 6.00. The van der Waals surface area contributed by atoms with Gasteiger partial charge in [0.1, 0.15) is 5.82 Å². The Morgan fingerprint density at radius 3 is 2.62 bits per heavy atom. The van der Waals surface area contributed by atoms with Crippen LogP contribution in [-0.2, 0) is 0 Å². The first-order valence-electron chi connectivity index (χ1n) is 4.07. The topological polar surface area (TPSA) is 43.1 Å². The van der Waals surface area contributed by atoms with Crippen LogP contribution in [0.3, 0.4) is 0 Å². The van der Waals surface area contributed by atoms with E-state index in [0.717, 1.165) is 5.56 Å². The summed E-state index contributed by atoms with van der Waals surface area (Å²) in [7, 11) is 0. The van der Waals surface area contributed by atoms with Crippen LogP contribution in [0.2, 0.25) is 0 Å². The van der Waals surface area contributed by atoms with Gasteiger partial charge in [0.2, 0.25) is 0 Å². The van der Waals surface area contributed by atoms with Gasteiger partial charge in [0.05, 0.1) is 6.54 Å². The fourth-order valence-corrected chi connectivity index (χ4v) is 1.35. The Morgan fingerprint density at radius 2 is 2.08 bits per heavy atom. The van der Waals surface area contributed by atoms with Gasteiger partial charge in [-0.2, -0.15) is 0 Å². The van der Waals surface area contributed by atoms with E-state index in [1.807, 2.05) is 0 Å². The summed E-state index contributed by atoms with van der Waals surface area (Å²) in [5, 5.41) is 0. The van der Waals surface area contributed by atoms with Crippen molar-refractivity contribution in [2.75, 3.05) is 6.54 Å². The zero-order valence-electron chi connectivity index (χ0n) is 7.73. The molecule has 1 aromatic rings. The van der Waals surface area contributed by atoms with Gasteiger partial charge in [-0.25, -0.2) is 4.39 Å². The molecule has 1 aromatic carbocycles. The number of rotatable bonds is 2. The molecule has 2 N–H and O–H groups in total. The molecule has 0 aromatic heterocycles. The van der Waals surface area contributed by atoms with Crippen molar-refractivity contribution in [3.8, 4) is 0 Å². The fourth-order valence-electron chi connectivity index (χ4n) is 1.35. The number of carbonyl (C=O) groups is 1. The van der Waals surface area contributed by atoms with Crippen LogP contribution < -0.4 is 5.73 Å². The number of halogens is 1. The standard InChI is InChI=1S/C10H12FNO/c1-6-3-4-8(11)7(2)10(6)9(13)5-12/h3-4H,5,12H2,1-2H3. The molecule has 1 rings (SSSR count). The number of hydrogen-bond donors (Lipinski definition) is 1. The molecule has 2 nitrogen and oxygen atoms in total. The van der Waals surface area contributed by atoms with Crippen molar-refractivity contribution in [3.63, 3.8) is 0 Å². The summed E-state index contributed by atoms with van der Waals surface area (Å²) in [6.07, 6.45) is 0. The normalized spacial score (nSPS) is 10.2. The van der Waals surface area contributed by atoms with E-state index in [-0.39, 0.29) is 18.1 Å². The lowest BCUT2D eigenvalue weighted by Gasteiger charge is -2.07. The molecule has 0 bridgehead atoms. The van der Waals surface area contributed by atoms with Gasteiger partial charge in [-0.05, 0) is 31.0 Å². The molecule has 0 amide bonds. The van der Waals surface area contributed by atoms with Gasteiger partial charge < -0.3 is 5.73 Å². The number of benzene rings is 1. The number of Topliss-reactive ketones (excluding diaryl/α,β-unsaturated/α-hetero) is 1. The minimum absolute atomic E-state index is 0.0782. The first kappa shape index (κ1) is 9.86. The van der Waals surface area contributed by atoms with Crippen LogP contribution >= 0.6 is 0 Å². The van der Waals surface area contributed by atoms with Crippen LogP contribution in [0.15, 0.2) is 12.1 Å². The zero-order chi connectivity index (χ0) is 10.0. The van der Waals surface area contributed by atoms with Crippen LogP contribution in [0.5, 0.6) is 0 Å². The molecule has 70 valence electrons. The Labute approximate surface area is 76.6 Å². The molecule has 0 fully saturated rings. The summed E-state index contributed by atoms with van der Waals surface area (Å²) in [4.78, 5) is 11.3. The Hall–Kier alpha value is -1.22. The van der Waals surface area contributed by atoms with Crippen molar-refractivity contribution in [2.24, 2.45) is 5.73 Å². The lowest BCUT2D eigenvalue weighted by Crippen LogP contribution is -2.16. The van der Waals surface area contributed by atoms with Crippen molar-refractivity contribution in [3.05, 3.63) is 34.6 Å². The number of aryl methyl sites for hydroxylation is 1. The van der Waals surface area contributed by atoms with Crippen LogP contribution in [-0.4, -0.2) is 12.3 Å². The van der Waals surface area contributed by atoms with Crippen molar-refractivity contribution in [1.29, 1.82) is 0 Å². The smallest absolute Gasteiger partial charge is 0.177 e. The monoisotopic (exact) mass is 181 g/mol. The van der Waals surface area contributed by atoms with Crippen LogP contribution in [0.4, 0.5) is 4.39 Å². The summed E-state index contributed by atoms with van der Waals surface area (Å²) in [5.74, 6) is -0.572. The first-order chi connectivity index (χ1) is 6.07. The number of nitrogens with two attached hydrogens (primary N) is 1. The average molecular weight is 181 g/mol. The largest absolute Gasteiger partial charge is 0.324 e. The average Bonchev–Trinajstić information content (AvgIpc) is 2.12. The van der Waals surface area contributed by atoms with Gasteiger partial charge in [0.15, 0.2) is 5.78 Å². The third kappa shape index (κ3) is 1.75. The molecule has 0 radical (unpaired) electrons. The van der Waals surface area contributed by atoms with Crippen molar-refractivity contribution >= 4 is 5.78 Å². The number of hydrogen-bond acceptors (Lipinski definition) is 2. The van der Waals surface area contributed by atoms with E-state index in [2.05, 4.69) is 0 Å². The van der Waals surface area contributed by atoms with Gasteiger partial charge in [-0.1, -0.05) is 6.07 Å². The highest BCUT2D eigenvalue weighted by Crippen LogP contribution is 2.17. The third-order valence-corrected chi connectivity index (χ3v) is 2.07. The maximum atomic E-state index is 13.1. The molecule has 0 heterocycles. The van der Waals surface area contributed by atoms with Crippen LogP contribution in [0.25, 0.3) is 0 Å². The van der Waals surface area contributed by atoms with E-state index in [1.165, 1.54) is 6.07 Å². The fraction of sp³-hybridized carbons (Fsp3) is 0.300. The highest BCUT2D eigenvalue weighted by atomic mass is 19.1. The molecule has 0 atom stereocenters. The molecular weight excluding hydrogens is 169 g/mol. The van der Waals surface area contributed by atoms with E-state index < -0.39 is 0 Å². The number of carbonyl (C=O) groups excluding carboxylic acids is 1. The molecule has 0 aliphatic carbocycles. The second kappa shape index (κ2) is 3.66. The quantitative estimate of drug-likeness (QED) is 0.704. The van der Waals surface area contributed by atoms with E-state index in [1.54, 1.807) is 19.9 Å². The molecule has 3 heteroatoms. The molecular formula is C10H12FNO. The molecule has 0 unspecified atom stereocenters. The Kier molecular flexibility index (Phi) is 2.78.